The number of rotatable bonds is 8. The van der Waals surface area contributed by atoms with E-state index in [2.05, 4.69) is 15.2 Å². The number of aryl methyl sites for hydroxylation is 1. The van der Waals surface area contributed by atoms with E-state index in [1.165, 1.54) is 18.3 Å². The number of thiophene rings is 1. The molecule has 0 N–H and O–H groups in total. The minimum atomic E-state index is 0.00503. The highest BCUT2D eigenvalue weighted by Crippen LogP contribution is 2.27. The van der Waals surface area contributed by atoms with Crippen LogP contribution in [0.2, 0.25) is 0 Å². The molecule has 0 unspecified atom stereocenters. The number of likely N-dealkylation sites (tertiary alicyclic amines) is 1. The maximum Gasteiger partial charge on any atom is 0.257 e. The lowest BCUT2D eigenvalue weighted by Crippen LogP contribution is -2.43. The molecule has 0 aliphatic carbocycles. The minimum absolute atomic E-state index is 0.00503. The SMILES string of the molecule is CC(=O)c1ccc(-c2nnc(CCC(=O)N3CCC[C@H](OCc4ccccn4)C3)o2)s1. The number of hydrogen-bond acceptors (Lipinski definition) is 8. The van der Waals surface area contributed by atoms with Crippen molar-refractivity contribution in [2.24, 2.45) is 0 Å². The van der Waals surface area contributed by atoms with E-state index in [1.807, 2.05) is 23.1 Å². The Morgan fingerprint density at radius 1 is 1.26 bits per heavy atom. The first-order chi connectivity index (χ1) is 15.1. The Kier molecular flexibility index (Phi) is 6.83. The Morgan fingerprint density at radius 3 is 2.94 bits per heavy atom. The Morgan fingerprint density at radius 2 is 2.16 bits per heavy atom. The van der Waals surface area contributed by atoms with Gasteiger partial charge in [-0.05, 0) is 44.0 Å². The molecule has 1 atom stereocenters. The monoisotopic (exact) mass is 440 g/mol. The smallest absolute Gasteiger partial charge is 0.257 e. The number of carbonyl (C=O) groups excluding carboxylic acids is 2. The molecule has 1 aliphatic rings. The van der Waals surface area contributed by atoms with Crippen molar-refractivity contribution in [1.82, 2.24) is 20.1 Å². The van der Waals surface area contributed by atoms with Crippen LogP contribution in [-0.4, -0.2) is 51.0 Å². The zero-order valence-electron chi connectivity index (χ0n) is 17.3. The molecule has 9 heteroatoms. The fraction of sp³-hybridized carbons (Fsp3) is 0.409. The summed E-state index contributed by atoms with van der Waals surface area (Å²) < 4.78 is 11.6. The number of ketones is 1. The highest BCUT2D eigenvalue weighted by atomic mass is 32.1. The van der Waals surface area contributed by atoms with Crippen LogP contribution in [0.15, 0.2) is 40.9 Å². The van der Waals surface area contributed by atoms with Gasteiger partial charge in [0.05, 0.1) is 28.2 Å². The zero-order chi connectivity index (χ0) is 21.6. The number of nitrogens with zero attached hydrogens (tertiary/aromatic N) is 4. The average Bonchev–Trinajstić information content (AvgIpc) is 3.47. The molecule has 162 valence electrons. The van der Waals surface area contributed by atoms with Gasteiger partial charge in [0.25, 0.3) is 5.89 Å². The molecule has 1 amide bonds. The molecule has 1 fully saturated rings. The molecule has 4 rings (SSSR count). The summed E-state index contributed by atoms with van der Waals surface area (Å²) in [5.41, 5.74) is 0.888. The molecule has 1 saturated heterocycles. The summed E-state index contributed by atoms with van der Waals surface area (Å²) in [4.78, 5) is 31.6. The Hall–Kier alpha value is -2.91. The van der Waals surface area contributed by atoms with Gasteiger partial charge in [0.1, 0.15) is 0 Å². The maximum atomic E-state index is 12.7. The van der Waals surface area contributed by atoms with Crippen molar-refractivity contribution >= 4 is 23.0 Å². The van der Waals surface area contributed by atoms with Crippen LogP contribution in [0, 0.1) is 0 Å². The van der Waals surface area contributed by atoms with Gasteiger partial charge in [-0.2, -0.15) is 0 Å². The van der Waals surface area contributed by atoms with E-state index in [-0.39, 0.29) is 17.8 Å². The van der Waals surface area contributed by atoms with E-state index in [9.17, 15) is 9.59 Å². The topological polar surface area (TPSA) is 98.4 Å². The number of piperidine rings is 1. The zero-order valence-corrected chi connectivity index (χ0v) is 18.1. The Bertz CT molecular complexity index is 1030. The highest BCUT2D eigenvalue weighted by molar-refractivity contribution is 7.17. The van der Waals surface area contributed by atoms with Crippen molar-refractivity contribution in [3.8, 4) is 10.8 Å². The number of Topliss-reactive ketones (excluding diaryl/α,β-unsaturated/α-hetero) is 1. The quantitative estimate of drug-likeness (QED) is 0.494. The molecule has 8 nitrogen and oxygen atoms in total. The second kappa shape index (κ2) is 9.93. The molecule has 0 aromatic carbocycles. The molecule has 0 radical (unpaired) electrons. The van der Waals surface area contributed by atoms with Crippen LogP contribution in [0.25, 0.3) is 10.8 Å². The second-order valence-electron chi connectivity index (χ2n) is 7.46. The molecular weight excluding hydrogens is 416 g/mol. The van der Waals surface area contributed by atoms with Crippen molar-refractivity contribution < 1.29 is 18.7 Å². The molecule has 3 aromatic heterocycles. The summed E-state index contributed by atoms with van der Waals surface area (Å²) in [5, 5.41) is 8.09. The van der Waals surface area contributed by atoms with Crippen molar-refractivity contribution in [2.75, 3.05) is 13.1 Å². The average molecular weight is 441 g/mol. The largest absolute Gasteiger partial charge is 0.420 e. The van der Waals surface area contributed by atoms with Gasteiger partial charge in [0.15, 0.2) is 5.78 Å². The molecule has 0 bridgehead atoms. The van der Waals surface area contributed by atoms with Crippen LogP contribution in [0.5, 0.6) is 0 Å². The molecule has 31 heavy (non-hydrogen) atoms. The van der Waals surface area contributed by atoms with Crippen molar-refractivity contribution in [2.45, 2.75) is 45.3 Å². The van der Waals surface area contributed by atoms with Crippen LogP contribution in [0.3, 0.4) is 0 Å². The van der Waals surface area contributed by atoms with Gasteiger partial charge >= 0.3 is 0 Å². The Labute approximate surface area is 184 Å². The summed E-state index contributed by atoms with van der Waals surface area (Å²) in [6.45, 7) is 3.30. The third-order valence-corrected chi connectivity index (χ3v) is 6.28. The van der Waals surface area contributed by atoms with Gasteiger partial charge in [-0.25, -0.2) is 0 Å². The van der Waals surface area contributed by atoms with E-state index in [4.69, 9.17) is 9.15 Å². The lowest BCUT2D eigenvalue weighted by Gasteiger charge is -2.32. The van der Waals surface area contributed by atoms with Crippen LogP contribution in [0.4, 0.5) is 0 Å². The van der Waals surface area contributed by atoms with Crippen LogP contribution in [0.1, 0.15) is 47.4 Å². The van der Waals surface area contributed by atoms with Gasteiger partial charge in [0.2, 0.25) is 11.8 Å². The molecular formula is C22H24N4O4S. The lowest BCUT2D eigenvalue weighted by atomic mass is 10.1. The summed E-state index contributed by atoms with van der Waals surface area (Å²) in [6.07, 6.45) is 4.31. The van der Waals surface area contributed by atoms with Crippen LogP contribution in [-0.2, 0) is 22.6 Å². The van der Waals surface area contributed by atoms with Gasteiger partial charge in [-0.15, -0.1) is 21.5 Å². The van der Waals surface area contributed by atoms with Crippen molar-refractivity contribution in [3.05, 3.63) is 53.0 Å². The number of amides is 1. The first-order valence-corrected chi connectivity index (χ1v) is 11.1. The fourth-order valence-corrected chi connectivity index (χ4v) is 4.28. The van der Waals surface area contributed by atoms with E-state index < -0.39 is 0 Å². The first kappa shape index (κ1) is 21.3. The van der Waals surface area contributed by atoms with Crippen LogP contribution >= 0.6 is 11.3 Å². The number of hydrogen-bond donors (Lipinski definition) is 0. The third kappa shape index (κ3) is 5.62. The summed E-state index contributed by atoms with van der Waals surface area (Å²) in [7, 11) is 0. The molecule has 4 heterocycles. The van der Waals surface area contributed by atoms with E-state index >= 15 is 0 Å². The van der Waals surface area contributed by atoms with Gasteiger partial charge in [0, 0.05) is 32.1 Å². The third-order valence-electron chi connectivity index (χ3n) is 5.11. The van der Waals surface area contributed by atoms with Gasteiger partial charge < -0.3 is 14.1 Å². The summed E-state index contributed by atoms with van der Waals surface area (Å²) in [6, 6.07) is 9.29. The predicted molar refractivity (Wildman–Crippen MR) is 115 cm³/mol. The first-order valence-electron chi connectivity index (χ1n) is 10.3. The summed E-state index contributed by atoms with van der Waals surface area (Å²) in [5.74, 6) is 0.855. The van der Waals surface area contributed by atoms with E-state index in [0.717, 1.165) is 30.0 Å². The van der Waals surface area contributed by atoms with Crippen molar-refractivity contribution in [3.63, 3.8) is 0 Å². The normalized spacial score (nSPS) is 16.4. The number of aromatic nitrogens is 3. The fourth-order valence-electron chi connectivity index (χ4n) is 3.46. The van der Waals surface area contributed by atoms with Crippen LogP contribution < -0.4 is 0 Å². The number of ether oxygens (including phenoxy) is 1. The maximum absolute atomic E-state index is 12.7. The van der Waals surface area contributed by atoms with Crippen molar-refractivity contribution in [1.29, 1.82) is 0 Å². The number of carbonyl (C=O) groups is 2. The number of pyridine rings is 1. The standard InChI is InChI=1S/C22H24N4O4S/c1-15(27)18-7-8-19(31-18)22-25-24-20(30-22)9-10-21(28)26-12-4-6-17(13-26)29-14-16-5-2-3-11-23-16/h2-3,5,7-8,11,17H,4,6,9-10,12-14H2,1H3/t17-/m0/s1. The van der Waals surface area contributed by atoms with Gasteiger partial charge in [-0.3, -0.25) is 14.6 Å². The molecule has 0 spiro atoms. The van der Waals surface area contributed by atoms with E-state index in [1.54, 1.807) is 18.3 Å². The highest BCUT2D eigenvalue weighted by Gasteiger charge is 2.24. The second-order valence-corrected chi connectivity index (χ2v) is 8.54. The molecule has 3 aromatic rings. The summed E-state index contributed by atoms with van der Waals surface area (Å²) >= 11 is 1.32. The molecule has 0 saturated carbocycles. The lowest BCUT2D eigenvalue weighted by molar-refractivity contribution is -0.135. The predicted octanol–water partition coefficient (Wildman–Crippen LogP) is 3.54. The molecule has 1 aliphatic heterocycles. The van der Waals surface area contributed by atoms with Gasteiger partial charge in [-0.1, -0.05) is 6.07 Å². The minimum Gasteiger partial charge on any atom is -0.420 e. The Balaban J connectivity index is 1.26. The van der Waals surface area contributed by atoms with E-state index in [0.29, 0.717) is 42.7 Å².